The number of aromatic nitrogens is 3. The van der Waals surface area contributed by atoms with Crippen LogP contribution in [0.4, 0.5) is 11.4 Å². The molecule has 7 nitrogen and oxygen atoms in total. The number of amides is 2. The molecule has 31 heavy (non-hydrogen) atoms. The second kappa shape index (κ2) is 11.0. The highest BCUT2D eigenvalue weighted by atomic mass is 79.9. The maximum absolute atomic E-state index is 12.4. The Kier molecular flexibility index (Phi) is 8.36. The van der Waals surface area contributed by atoms with Crippen LogP contribution in [0.15, 0.2) is 52.1 Å². The van der Waals surface area contributed by atoms with Crippen LogP contribution in [0.25, 0.3) is 0 Å². The monoisotopic (exact) mass is 541 g/mol. The van der Waals surface area contributed by atoms with Gasteiger partial charge in [-0.3, -0.25) is 9.59 Å². The molecule has 3 rings (SSSR count). The first kappa shape index (κ1) is 23.6. The fourth-order valence-corrected chi connectivity index (χ4v) is 4.21. The molecular weight excluding hydrogens is 525 g/mol. The van der Waals surface area contributed by atoms with Crippen LogP contribution in [-0.2, 0) is 22.6 Å². The van der Waals surface area contributed by atoms with Crippen LogP contribution in [0.2, 0.25) is 10.0 Å². The van der Waals surface area contributed by atoms with Crippen molar-refractivity contribution in [2.45, 2.75) is 25.0 Å². The minimum absolute atomic E-state index is 0.0336. The topological polar surface area (TPSA) is 88.9 Å². The van der Waals surface area contributed by atoms with Gasteiger partial charge in [-0.1, -0.05) is 57.0 Å². The summed E-state index contributed by atoms with van der Waals surface area (Å²) in [6.45, 7) is 2.49. The summed E-state index contributed by atoms with van der Waals surface area (Å²) in [5.74, 6) is 0.257. The molecule has 0 bridgehead atoms. The Balaban J connectivity index is 1.58. The number of carbonyl (C=O) groups is 2. The molecule has 2 aromatic carbocycles. The summed E-state index contributed by atoms with van der Waals surface area (Å²) in [7, 11) is 0. The Labute approximate surface area is 202 Å². The number of thioether (sulfide) groups is 1. The first-order chi connectivity index (χ1) is 14.9. The fraction of sp³-hybridized carbons (Fsp3) is 0.200. The molecule has 0 saturated heterocycles. The van der Waals surface area contributed by atoms with Crippen LogP contribution in [-0.4, -0.2) is 32.3 Å². The Morgan fingerprint density at radius 3 is 2.48 bits per heavy atom. The number of anilines is 2. The molecular formula is C20H18BrCl2N5O2S. The van der Waals surface area contributed by atoms with E-state index in [-0.39, 0.29) is 24.0 Å². The van der Waals surface area contributed by atoms with E-state index in [1.807, 2.05) is 35.8 Å². The van der Waals surface area contributed by atoms with Crippen molar-refractivity contribution in [1.82, 2.24) is 14.8 Å². The number of rotatable bonds is 8. The van der Waals surface area contributed by atoms with Gasteiger partial charge in [0, 0.05) is 22.4 Å². The number of halogens is 3. The third-order valence-corrected chi connectivity index (χ3v) is 6.27. The molecule has 0 fully saturated rings. The van der Waals surface area contributed by atoms with Crippen molar-refractivity contribution in [3.05, 3.63) is 62.8 Å². The van der Waals surface area contributed by atoms with Gasteiger partial charge in [0.1, 0.15) is 5.82 Å². The second-order valence-corrected chi connectivity index (χ2v) is 9.02. The highest BCUT2D eigenvalue weighted by Crippen LogP contribution is 2.25. The van der Waals surface area contributed by atoms with Gasteiger partial charge in [0.05, 0.1) is 22.2 Å². The zero-order valence-electron chi connectivity index (χ0n) is 16.4. The summed E-state index contributed by atoms with van der Waals surface area (Å²) in [6, 6.07) is 12.2. The lowest BCUT2D eigenvalue weighted by molar-refractivity contribution is -0.116. The minimum Gasteiger partial charge on any atom is -0.326 e. The Bertz CT molecular complexity index is 1110. The van der Waals surface area contributed by atoms with E-state index in [4.69, 9.17) is 23.2 Å². The lowest BCUT2D eigenvalue weighted by Crippen LogP contribution is -2.18. The van der Waals surface area contributed by atoms with E-state index in [1.165, 1.54) is 11.8 Å². The van der Waals surface area contributed by atoms with Crippen LogP contribution in [0.3, 0.4) is 0 Å². The third-order valence-electron chi connectivity index (χ3n) is 4.07. The zero-order chi connectivity index (χ0) is 22.4. The van der Waals surface area contributed by atoms with Gasteiger partial charge in [0.25, 0.3) is 0 Å². The maximum atomic E-state index is 12.4. The summed E-state index contributed by atoms with van der Waals surface area (Å²) in [5, 5.41) is 15.2. The van der Waals surface area contributed by atoms with E-state index >= 15 is 0 Å². The van der Waals surface area contributed by atoms with Crippen molar-refractivity contribution in [3.63, 3.8) is 0 Å². The van der Waals surface area contributed by atoms with Crippen molar-refractivity contribution in [2.24, 2.45) is 0 Å². The lowest BCUT2D eigenvalue weighted by atomic mass is 10.3. The van der Waals surface area contributed by atoms with Gasteiger partial charge in [0.15, 0.2) is 5.16 Å². The standard InChI is InChI=1S/C20H18BrCl2N5O2S/c1-2-28-17(10-18(29)24-14-6-7-15(22)16(23)9-14)26-27-20(28)31-11-19(30)25-13-5-3-4-12(21)8-13/h3-9H,2,10-11H2,1H3,(H,24,29)(H,25,30). The molecule has 0 atom stereocenters. The van der Waals surface area contributed by atoms with Gasteiger partial charge in [-0.25, -0.2) is 0 Å². The van der Waals surface area contributed by atoms with E-state index in [9.17, 15) is 9.59 Å². The van der Waals surface area contributed by atoms with Gasteiger partial charge < -0.3 is 15.2 Å². The summed E-state index contributed by atoms with van der Waals surface area (Å²) in [6.07, 6.45) is 0.0336. The summed E-state index contributed by atoms with van der Waals surface area (Å²) >= 11 is 16.5. The van der Waals surface area contributed by atoms with Gasteiger partial charge in [-0.2, -0.15) is 0 Å². The number of hydrogen-bond donors (Lipinski definition) is 2. The molecule has 1 heterocycles. The first-order valence-electron chi connectivity index (χ1n) is 9.21. The van der Waals surface area contributed by atoms with Gasteiger partial charge in [-0.05, 0) is 43.3 Å². The molecule has 0 aliphatic rings. The van der Waals surface area contributed by atoms with Crippen LogP contribution >= 0.6 is 50.9 Å². The van der Waals surface area contributed by atoms with Crippen molar-refractivity contribution in [1.29, 1.82) is 0 Å². The van der Waals surface area contributed by atoms with Gasteiger partial charge in [0.2, 0.25) is 11.8 Å². The van der Waals surface area contributed by atoms with Crippen LogP contribution in [0, 0.1) is 0 Å². The van der Waals surface area contributed by atoms with Crippen molar-refractivity contribution >= 4 is 74.1 Å². The second-order valence-electron chi connectivity index (χ2n) is 6.34. The lowest BCUT2D eigenvalue weighted by Gasteiger charge is -2.09. The molecule has 1 aromatic heterocycles. The number of benzene rings is 2. The number of nitrogens with zero attached hydrogens (tertiary/aromatic N) is 3. The third kappa shape index (κ3) is 6.70. The van der Waals surface area contributed by atoms with E-state index in [2.05, 4.69) is 36.8 Å². The molecule has 162 valence electrons. The fourth-order valence-electron chi connectivity index (χ4n) is 2.69. The van der Waals surface area contributed by atoms with Crippen molar-refractivity contribution in [2.75, 3.05) is 16.4 Å². The normalized spacial score (nSPS) is 10.7. The zero-order valence-corrected chi connectivity index (χ0v) is 20.3. The Morgan fingerprint density at radius 2 is 1.77 bits per heavy atom. The smallest absolute Gasteiger partial charge is 0.234 e. The molecule has 0 aliphatic heterocycles. The quantitative estimate of drug-likeness (QED) is 0.378. The van der Waals surface area contributed by atoms with Crippen LogP contribution < -0.4 is 10.6 Å². The van der Waals surface area contributed by atoms with E-state index in [1.54, 1.807) is 18.2 Å². The average Bonchev–Trinajstić information content (AvgIpc) is 3.10. The first-order valence-corrected chi connectivity index (χ1v) is 11.7. The largest absolute Gasteiger partial charge is 0.326 e. The summed E-state index contributed by atoms with van der Waals surface area (Å²) < 4.78 is 2.69. The van der Waals surface area contributed by atoms with Gasteiger partial charge >= 0.3 is 0 Å². The van der Waals surface area contributed by atoms with E-state index < -0.39 is 0 Å². The molecule has 0 radical (unpaired) electrons. The highest BCUT2D eigenvalue weighted by Gasteiger charge is 2.16. The molecule has 0 aliphatic carbocycles. The van der Waals surface area contributed by atoms with Crippen LogP contribution in [0.1, 0.15) is 12.7 Å². The van der Waals surface area contributed by atoms with E-state index in [0.717, 1.165) is 4.47 Å². The summed E-state index contributed by atoms with van der Waals surface area (Å²) in [5.41, 5.74) is 1.25. The molecule has 2 amide bonds. The Hall–Kier alpha value is -2.07. The predicted octanol–water partition coefficient (Wildman–Crippen LogP) is 5.28. The van der Waals surface area contributed by atoms with E-state index in [0.29, 0.717) is 38.9 Å². The molecule has 0 saturated carbocycles. The predicted molar refractivity (Wildman–Crippen MR) is 128 cm³/mol. The molecule has 11 heteroatoms. The average molecular weight is 543 g/mol. The minimum atomic E-state index is -0.260. The number of nitrogens with one attached hydrogen (secondary N) is 2. The molecule has 2 N–H and O–H groups in total. The Morgan fingerprint density at radius 1 is 1.03 bits per heavy atom. The SMILES string of the molecule is CCn1c(CC(=O)Nc2ccc(Cl)c(Cl)c2)nnc1SCC(=O)Nc1cccc(Br)c1. The molecule has 3 aromatic rings. The van der Waals surface area contributed by atoms with Crippen molar-refractivity contribution < 1.29 is 9.59 Å². The molecule has 0 unspecified atom stereocenters. The number of hydrogen-bond acceptors (Lipinski definition) is 5. The highest BCUT2D eigenvalue weighted by molar-refractivity contribution is 9.10. The van der Waals surface area contributed by atoms with Gasteiger partial charge in [-0.15, -0.1) is 10.2 Å². The van der Waals surface area contributed by atoms with Crippen LogP contribution in [0.5, 0.6) is 0 Å². The number of carbonyl (C=O) groups excluding carboxylic acids is 2. The summed E-state index contributed by atoms with van der Waals surface area (Å²) in [4.78, 5) is 24.7. The van der Waals surface area contributed by atoms with Crippen molar-refractivity contribution in [3.8, 4) is 0 Å². The molecule has 0 spiro atoms. The maximum Gasteiger partial charge on any atom is 0.234 e.